The Bertz CT molecular complexity index is 2360. The second-order valence-corrected chi connectivity index (χ2v) is 17.6. The molecule has 15 heteroatoms. The molecule has 3 aliphatic rings. The van der Waals surface area contributed by atoms with E-state index in [1.807, 2.05) is 37.9 Å². The number of para-hydroxylation sites is 1. The molecule has 1 aromatic carbocycles. The maximum atomic E-state index is 15.9. The van der Waals surface area contributed by atoms with Crippen molar-refractivity contribution in [3.8, 4) is 16.9 Å². The maximum absolute atomic E-state index is 15.9. The van der Waals surface area contributed by atoms with E-state index in [9.17, 15) is 14.4 Å². The number of rotatable bonds is 5. The summed E-state index contributed by atoms with van der Waals surface area (Å²) in [6, 6.07) is 6.24. The van der Waals surface area contributed by atoms with Crippen molar-refractivity contribution in [2.45, 2.75) is 83.5 Å². The molecule has 292 valence electrons. The first-order valence-electron chi connectivity index (χ1n) is 19.2. The normalized spacial score (nSPS) is 21.2. The highest BCUT2D eigenvalue weighted by Crippen LogP contribution is 2.47. The van der Waals surface area contributed by atoms with Gasteiger partial charge in [0.15, 0.2) is 0 Å². The number of fused-ring (bicyclic) bond motifs is 3. The Kier molecular flexibility index (Phi) is 9.86. The number of H-pyrrole nitrogens is 1. The second-order valence-electron chi connectivity index (χ2n) is 16.8. The van der Waals surface area contributed by atoms with Gasteiger partial charge in [-0.25, -0.2) is 23.5 Å². The van der Waals surface area contributed by atoms with Crippen LogP contribution in [0.15, 0.2) is 52.4 Å². The Labute approximate surface area is 328 Å². The van der Waals surface area contributed by atoms with E-state index in [1.165, 1.54) is 10.8 Å². The van der Waals surface area contributed by atoms with E-state index in [1.54, 1.807) is 36.1 Å². The van der Waals surface area contributed by atoms with Crippen LogP contribution in [-0.4, -0.2) is 89.3 Å². The molecule has 0 bridgehead atoms. The average molecular weight is 794 g/mol. The van der Waals surface area contributed by atoms with Crippen LogP contribution in [0.1, 0.15) is 71.8 Å². The molecule has 12 nitrogen and oxygen atoms in total. The zero-order valence-electron chi connectivity index (χ0n) is 31.7. The first-order valence-corrected chi connectivity index (χ1v) is 19.9. The molecule has 5 aromatic rings. The number of hydrogen-bond donors (Lipinski definition) is 1. The Morgan fingerprint density at radius 2 is 1.73 bits per heavy atom. The number of piperidine rings is 2. The Hall–Kier alpha value is -4.20. The largest absolute Gasteiger partial charge is 0.444 e. The predicted octanol–water partition coefficient (Wildman–Crippen LogP) is 7.53. The molecule has 2 saturated heterocycles. The SMILES string of the molecule is Cn1c(=O)n(-c2c(Cl)cccc2Cl)c(=O)c2cnc3[nH]c(-c4cnn([C@H]5CCN(CC6CCC7(CC6)CCN(C(=O)OC(C)(C)C)CC7)C[C@@H]5F)c4)cc3c21. The summed E-state index contributed by atoms with van der Waals surface area (Å²) < 4.78 is 25.6. The number of nitrogens with one attached hydrogen (secondary N) is 1. The van der Waals surface area contributed by atoms with Crippen LogP contribution in [0.25, 0.3) is 38.9 Å². The van der Waals surface area contributed by atoms with Crippen molar-refractivity contribution in [1.82, 2.24) is 38.7 Å². The fraction of sp³-hybridized carbons (Fsp3) is 0.525. The van der Waals surface area contributed by atoms with Gasteiger partial charge in [-0.2, -0.15) is 5.10 Å². The van der Waals surface area contributed by atoms with E-state index < -0.39 is 23.0 Å². The van der Waals surface area contributed by atoms with Crippen LogP contribution < -0.4 is 11.2 Å². The molecule has 2 atom stereocenters. The molecule has 1 amide bonds. The summed E-state index contributed by atoms with van der Waals surface area (Å²) in [5.41, 5.74) is 1.11. The fourth-order valence-electron chi connectivity index (χ4n) is 8.99. The molecule has 0 radical (unpaired) electrons. The minimum atomic E-state index is -1.06. The van der Waals surface area contributed by atoms with Gasteiger partial charge in [0.05, 0.1) is 44.6 Å². The van der Waals surface area contributed by atoms with Gasteiger partial charge in [0, 0.05) is 63.1 Å². The molecule has 1 spiro atoms. The van der Waals surface area contributed by atoms with Crippen LogP contribution in [0.3, 0.4) is 0 Å². The molecule has 55 heavy (non-hydrogen) atoms. The van der Waals surface area contributed by atoms with Gasteiger partial charge in [0.1, 0.15) is 17.4 Å². The van der Waals surface area contributed by atoms with Crippen molar-refractivity contribution in [1.29, 1.82) is 0 Å². The predicted molar refractivity (Wildman–Crippen MR) is 212 cm³/mol. The smallest absolute Gasteiger partial charge is 0.410 e. The third-order valence-electron chi connectivity index (χ3n) is 12.0. The van der Waals surface area contributed by atoms with Crippen molar-refractivity contribution in [3.63, 3.8) is 0 Å². The molecule has 1 N–H and O–H groups in total. The molecule has 4 aromatic heterocycles. The van der Waals surface area contributed by atoms with Crippen molar-refractivity contribution in [3.05, 3.63) is 73.7 Å². The van der Waals surface area contributed by atoms with Gasteiger partial charge < -0.3 is 19.5 Å². The van der Waals surface area contributed by atoms with Crippen LogP contribution in [0.2, 0.25) is 10.0 Å². The van der Waals surface area contributed by atoms with Crippen molar-refractivity contribution in [2.75, 3.05) is 32.7 Å². The Balaban J connectivity index is 0.911. The van der Waals surface area contributed by atoms with E-state index in [0.717, 1.165) is 74.8 Å². The van der Waals surface area contributed by atoms with Crippen molar-refractivity contribution < 1.29 is 13.9 Å². The zero-order chi connectivity index (χ0) is 38.8. The quantitative estimate of drug-likeness (QED) is 0.195. The first-order chi connectivity index (χ1) is 26.2. The molecule has 6 heterocycles. The number of benzene rings is 1. The number of hydrogen-bond acceptors (Lipinski definition) is 7. The number of carbonyl (C=O) groups excluding carboxylic acids is 1. The zero-order valence-corrected chi connectivity index (χ0v) is 33.2. The molecule has 3 fully saturated rings. The fourth-order valence-corrected chi connectivity index (χ4v) is 9.56. The van der Waals surface area contributed by atoms with E-state index in [2.05, 4.69) is 20.0 Å². The summed E-state index contributed by atoms with van der Waals surface area (Å²) in [5.74, 6) is 0.553. The number of aromatic amines is 1. The molecule has 1 aliphatic carbocycles. The van der Waals surface area contributed by atoms with Crippen LogP contribution in [0, 0.1) is 11.3 Å². The number of pyridine rings is 1. The minimum Gasteiger partial charge on any atom is -0.444 e. The number of amides is 1. The highest BCUT2D eigenvalue weighted by molar-refractivity contribution is 6.37. The van der Waals surface area contributed by atoms with Gasteiger partial charge in [-0.1, -0.05) is 29.3 Å². The lowest BCUT2D eigenvalue weighted by Crippen LogP contribution is -2.47. The number of halogens is 3. The maximum Gasteiger partial charge on any atom is 0.410 e. The molecule has 2 aliphatic heterocycles. The third kappa shape index (κ3) is 7.19. The summed E-state index contributed by atoms with van der Waals surface area (Å²) in [7, 11) is 1.59. The summed E-state index contributed by atoms with van der Waals surface area (Å²) in [4.78, 5) is 51.8. The number of alkyl halides is 1. The van der Waals surface area contributed by atoms with E-state index in [4.69, 9.17) is 27.9 Å². The van der Waals surface area contributed by atoms with Crippen LogP contribution in [-0.2, 0) is 11.8 Å². The molecular weight excluding hydrogens is 746 g/mol. The van der Waals surface area contributed by atoms with Crippen LogP contribution >= 0.6 is 23.2 Å². The van der Waals surface area contributed by atoms with Crippen LogP contribution in [0.5, 0.6) is 0 Å². The number of ether oxygens (including phenoxy) is 1. The van der Waals surface area contributed by atoms with Crippen LogP contribution in [0.4, 0.5) is 9.18 Å². The highest BCUT2D eigenvalue weighted by Gasteiger charge is 2.41. The topological polar surface area (TPSA) is 123 Å². The Morgan fingerprint density at radius 3 is 2.40 bits per heavy atom. The minimum absolute atomic E-state index is 0.120. The van der Waals surface area contributed by atoms with Gasteiger partial charge in [-0.3, -0.25) is 14.0 Å². The first kappa shape index (κ1) is 37.7. The van der Waals surface area contributed by atoms with Gasteiger partial charge in [0.25, 0.3) is 5.56 Å². The number of nitrogens with zero attached hydrogens (tertiary/aromatic N) is 7. The lowest BCUT2D eigenvalue weighted by atomic mass is 9.65. The molecule has 1 saturated carbocycles. The summed E-state index contributed by atoms with van der Waals surface area (Å²) in [6.45, 7) is 9.31. The van der Waals surface area contributed by atoms with Gasteiger partial charge >= 0.3 is 11.8 Å². The molecule has 0 unspecified atom stereocenters. The monoisotopic (exact) mass is 792 g/mol. The summed E-state index contributed by atoms with van der Waals surface area (Å²) in [6.07, 6.45) is 11.0. The molecule has 8 rings (SSSR count). The van der Waals surface area contributed by atoms with Gasteiger partial charge in [0.2, 0.25) is 0 Å². The number of aryl methyl sites for hydroxylation is 1. The van der Waals surface area contributed by atoms with Crippen molar-refractivity contribution in [2.24, 2.45) is 18.4 Å². The number of likely N-dealkylation sites (tertiary alicyclic amines) is 2. The third-order valence-corrected chi connectivity index (χ3v) is 12.6. The van der Waals surface area contributed by atoms with Gasteiger partial charge in [-0.05, 0) is 95.2 Å². The number of carbonyl (C=O) groups is 1. The van der Waals surface area contributed by atoms with Gasteiger partial charge in [-0.15, -0.1) is 0 Å². The highest BCUT2D eigenvalue weighted by atomic mass is 35.5. The van der Waals surface area contributed by atoms with Crippen molar-refractivity contribution >= 4 is 51.2 Å². The average Bonchev–Trinajstić information content (AvgIpc) is 3.80. The molecular formula is C40H47Cl2FN8O4. The van der Waals surface area contributed by atoms with E-state index in [-0.39, 0.29) is 33.3 Å². The standard InChI is InChI=1S/C40H47Cl2FN8O4/c1-39(2,3)55-38(54)49-16-13-40(14-17-49)11-8-24(9-12-40)21-48-15-10-32(30(43)23-48)50-22-25(19-45-50)31-18-26-33-27(20-44-35(26)46-31)36(52)51(37(53)47(33)4)34-28(41)6-5-7-29(34)42/h5-7,18-20,22,24,30,32H,8-17,21,23H2,1-4H3,(H,44,46)/t30-,32-/m0/s1. The number of aromatic nitrogens is 6. The lowest BCUT2D eigenvalue weighted by molar-refractivity contribution is -0.00173. The lowest BCUT2D eigenvalue weighted by Gasteiger charge is -2.47. The second kappa shape index (κ2) is 14.4. The Morgan fingerprint density at radius 1 is 1.02 bits per heavy atom. The summed E-state index contributed by atoms with van der Waals surface area (Å²) >= 11 is 12.8. The summed E-state index contributed by atoms with van der Waals surface area (Å²) in [5, 5.41) is 5.75. The van der Waals surface area contributed by atoms with E-state index >= 15 is 4.39 Å². The van der Waals surface area contributed by atoms with E-state index in [0.29, 0.717) is 46.5 Å².